The molecule has 3 N–H and O–H groups in total. The van der Waals surface area contributed by atoms with Crippen molar-refractivity contribution in [1.82, 2.24) is 5.32 Å². The predicted octanol–water partition coefficient (Wildman–Crippen LogP) is 21.9. The predicted molar refractivity (Wildman–Crippen MR) is 333 cm³/mol. The molecule has 1 amide bonds. The first-order valence-corrected chi connectivity index (χ1v) is 34.2. The molecule has 0 aromatic carbocycles. The number of aliphatic hydroxyl groups excluding tert-OH is 2. The van der Waals surface area contributed by atoms with Gasteiger partial charge in [0.15, 0.2) is 0 Å². The third-order valence-electron chi connectivity index (χ3n) is 15.9. The second-order valence-corrected chi connectivity index (χ2v) is 23.5. The summed E-state index contributed by atoms with van der Waals surface area (Å²) in [5, 5.41) is 23.4. The standard InChI is InChI=1S/C70H133NO5/c1-3-5-7-9-11-13-15-17-19-20-21-28-31-35-38-42-46-50-54-58-62-68(73)67(66-72)71-69(74)63-59-55-51-47-43-39-36-32-29-26-24-22-23-25-27-30-33-37-41-45-49-53-57-61-65-76-70(75)64-60-56-52-48-44-40-34-18-16-14-12-10-8-6-4-2/h12,14,18,24,26,34,67-68,72-73H,3-11,13,15-17,19-23,25,27-33,35-66H2,1-2H3,(H,71,74)/b14-12-,26-24-,34-18-. The highest BCUT2D eigenvalue weighted by molar-refractivity contribution is 5.76. The summed E-state index contributed by atoms with van der Waals surface area (Å²) in [6.45, 7) is 4.95. The molecule has 0 saturated heterocycles. The summed E-state index contributed by atoms with van der Waals surface area (Å²) < 4.78 is 5.48. The lowest BCUT2D eigenvalue weighted by Crippen LogP contribution is -2.45. The van der Waals surface area contributed by atoms with E-state index >= 15 is 0 Å². The van der Waals surface area contributed by atoms with Gasteiger partial charge >= 0.3 is 5.97 Å². The molecule has 2 unspecified atom stereocenters. The highest BCUT2D eigenvalue weighted by atomic mass is 16.5. The summed E-state index contributed by atoms with van der Waals surface area (Å²) in [5.74, 6) is -0.0373. The van der Waals surface area contributed by atoms with Gasteiger partial charge < -0.3 is 20.3 Å². The fourth-order valence-corrected chi connectivity index (χ4v) is 10.7. The number of unbranched alkanes of at least 4 members (excludes halogenated alkanes) is 47. The second-order valence-electron chi connectivity index (χ2n) is 23.5. The molecule has 0 aliphatic heterocycles. The zero-order chi connectivity index (χ0) is 55.0. The van der Waals surface area contributed by atoms with E-state index in [-0.39, 0.29) is 18.5 Å². The number of carbonyl (C=O) groups excluding carboxylic acids is 2. The Hall–Kier alpha value is -1.92. The lowest BCUT2D eigenvalue weighted by atomic mass is 10.0. The third-order valence-corrected chi connectivity index (χ3v) is 15.9. The number of carbonyl (C=O) groups is 2. The van der Waals surface area contributed by atoms with Crippen molar-refractivity contribution < 1.29 is 24.5 Å². The molecule has 0 radical (unpaired) electrons. The first-order valence-electron chi connectivity index (χ1n) is 34.2. The molecule has 0 aliphatic rings. The Kier molecular flexibility index (Phi) is 63.9. The molecule has 0 aromatic rings. The highest BCUT2D eigenvalue weighted by Gasteiger charge is 2.20. The van der Waals surface area contributed by atoms with Crippen molar-refractivity contribution in [2.45, 2.75) is 386 Å². The van der Waals surface area contributed by atoms with Gasteiger partial charge in [-0.25, -0.2) is 0 Å². The Bertz CT molecular complexity index is 1230. The minimum atomic E-state index is -0.668. The van der Waals surface area contributed by atoms with Crippen molar-refractivity contribution in [3.05, 3.63) is 36.5 Å². The number of nitrogens with one attached hydrogen (secondary N) is 1. The number of esters is 1. The minimum absolute atomic E-state index is 0.00104. The first kappa shape index (κ1) is 74.1. The fraction of sp³-hybridized carbons (Fsp3) is 0.886. The Balaban J connectivity index is 3.41. The van der Waals surface area contributed by atoms with Gasteiger partial charge in [-0.1, -0.05) is 314 Å². The van der Waals surface area contributed by atoms with E-state index < -0.39 is 12.1 Å². The number of ether oxygens (including phenoxy) is 1. The van der Waals surface area contributed by atoms with Crippen molar-refractivity contribution in [3.8, 4) is 0 Å². The van der Waals surface area contributed by atoms with Gasteiger partial charge in [-0.05, 0) is 83.5 Å². The fourth-order valence-electron chi connectivity index (χ4n) is 10.7. The molecule has 448 valence electrons. The third kappa shape index (κ3) is 61.3. The maximum Gasteiger partial charge on any atom is 0.305 e. The van der Waals surface area contributed by atoms with E-state index in [0.717, 1.165) is 51.4 Å². The molecule has 0 aliphatic carbocycles. The van der Waals surface area contributed by atoms with E-state index in [1.54, 1.807) is 0 Å². The van der Waals surface area contributed by atoms with E-state index in [4.69, 9.17) is 4.74 Å². The average Bonchev–Trinajstić information content (AvgIpc) is 3.42. The highest BCUT2D eigenvalue weighted by Crippen LogP contribution is 2.18. The van der Waals surface area contributed by atoms with Crippen molar-refractivity contribution in [3.63, 3.8) is 0 Å². The summed E-state index contributed by atoms with van der Waals surface area (Å²) >= 11 is 0. The number of hydrogen-bond acceptors (Lipinski definition) is 5. The molecular formula is C70H133NO5. The van der Waals surface area contributed by atoms with Crippen LogP contribution in [0, 0.1) is 0 Å². The van der Waals surface area contributed by atoms with Gasteiger partial charge in [0.1, 0.15) is 0 Å². The Morgan fingerprint density at radius 3 is 1.04 bits per heavy atom. The van der Waals surface area contributed by atoms with Crippen LogP contribution < -0.4 is 5.32 Å². The van der Waals surface area contributed by atoms with E-state index in [1.165, 1.54) is 289 Å². The van der Waals surface area contributed by atoms with E-state index in [2.05, 4.69) is 55.6 Å². The Morgan fingerprint density at radius 2 is 0.658 bits per heavy atom. The molecule has 6 heteroatoms. The number of rotatable bonds is 64. The normalized spacial score (nSPS) is 12.7. The van der Waals surface area contributed by atoms with Crippen LogP contribution in [-0.2, 0) is 14.3 Å². The Morgan fingerprint density at radius 1 is 0.368 bits per heavy atom. The van der Waals surface area contributed by atoms with Crippen LogP contribution in [0.5, 0.6) is 0 Å². The van der Waals surface area contributed by atoms with Crippen LogP contribution in [0.4, 0.5) is 0 Å². The molecular weight excluding hydrogens is 935 g/mol. The van der Waals surface area contributed by atoms with E-state index in [1.807, 2.05) is 0 Å². The summed E-state index contributed by atoms with van der Waals surface area (Å²) in [5.41, 5.74) is 0. The van der Waals surface area contributed by atoms with Crippen molar-refractivity contribution in [1.29, 1.82) is 0 Å². The molecule has 2 atom stereocenters. The maximum absolute atomic E-state index is 12.5. The van der Waals surface area contributed by atoms with Crippen molar-refractivity contribution in [2.24, 2.45) is 0 Å². The first-order chi connectivity index (χ1) is 37.5. The SMILES string of the molecule is CCCCC/C=C\C/C=C\CCCCCCCC(=O)OCCCCCCCCCCCCCC/C=C\CCCCCCCCCCC(=O)NC(CO)C(O)CCCCCCCCCCCCCCCCCCCCCC. The van der Waals surface area contributed by atoms with Crippen LogP contribution in [-0.4, -0.2) is 47.4 Å². The van der Waals surface area contributed by atoms with Crippen molar-refractivity contribution in [2.75, 3.05) is 13.2 Å². The summed E-state index contributed by atoms with van der Waals surface area (Å²) in [7, 11) is 0. The lowest BCUT2D eigenvalue weighted by Gasteiger charge is -2.22. The molecule has 0 heterocycles. The van der Waals surface area contributed by atoms with Crippen molar-refractivity contribution >= 4 is 11.9 Å². The summed E-state index contributed by atoms with van der Waals surface area (Å²) in [6, 6.07) is -0.546. The number of aliphatic hydroxyl groups is 2. The molecule has 6 nitrogen and oxygen atoms in total. The molecule has 0 spiro atoms. The van der Waals surface area contributed by atoms with Gasteiger partial charge in [0, 0.05) is 12.8 Å². The second kappa shape index (κ2) is 65.6. The van der Waals surface area contributed by atoms with Gasteiger partial charge in [-0.3, -0.25) is 9.59 Å². The lowest BCUT2D eigenvalue weighted by molar-refractivity contribution is -0.143. The molecule has 0 saturated carbocycles. The number of hydrogen-bond donors (Lipinski definition) is 3. The maximum atomic E-state index is 12.5. The molecule has 76 heavy (non-hydrogen) atoms. The van der Waals surface area contributed by atoms with E-state index in [9.17, 15) is 19.8 Å². The summed E-state index contributed by atoms with van der Waals surface area (Å²) in [6.07, 6.45) is 83.2. The molecule has 0 aromatic heterocycles. The average molecular weight is 1070 g/mol. The number of amides is 1. The molecule has 0 rings (SSSR count). The van der Waals surface area contributed by atoms with Gasteiger partial charge in [-0.15, -0.1) is 0 Å². The summed E-state index contributed by atoms with van der Waals surface area (Å²) in [4.78, 5) is 24.6. The van der Waals surface area contributed by atoms with Gasteiger partial charge in [0.05, 0.1) is 25.4 Å². The van der Waals surface area contributed by atoms with Crippen LogP contribution in [0.25, 0.3) is 0 Å². The van der Waals surface area contributed by atoms with Gasteiger partial charge in [-0.2, -0.15) is 0 Å². The van der Waals surface area contributed by atoms with Crippen LogP contribution in [0.2, 0.25) is 0 Å². The largest absolute Gasteiger partial charge is 0.466 e. The zero-order valence-electron chi connectivity index (χ0n) is 51.3. The number of allylic oxidation sites excluding steroid dienone is 6. The van der Waals surface area contributed by atoms with Crippen LogP contribution in [0.1, 0.15) is 373 Å². The smallest absolute Gasteiger partial charge is 0.305 e. The molecule has 0 bridgehead atoms. The Labute approximate surface area is 474 Å². The minimum Gasteiger partial charge on any atom is -0.466 e. The monoisotopic (exact) mass is 1070 g/mol. The zero-order valence-corrected chi connectivity index (χ0v) is 51.3. The van der Waals surface area contributed by atoms with Crippen LogP contribution >= 0.6 is 0 Å². The van der Waals surface area contributed by atoms with Gasteiger partial charge in [0.2, 0.25) is 5.91 Å². The topological polar surface area (TPSA) is 95.9 Å². The van der Waals surface area contributed by atoms with E-state index in [0.29, 0.717) is 25.9 Å². The molecule has 0 fully saturated rings. The van der Waals surface area contributed by atoms with Crippen LogP contribution in [0.3, 0.4) is 0 Å². The van der Waals surface area contributed by atoms with Crippen LogP contribution in [0.15, 0.2) is 36.5 Å². The quantitative estimate of drug-likeness (QED) is 0.0320. The van der Waals surface area contributed by atoms with Gasteiger partial charge in [0.25, 0.3) is 0 Å².